The summed E-state index contributed by atoms with van der Waals surface area (Å²) in [6, 6.07) is 5.97. The lowest BCUT2D eigenvalue weighted by atomic mass is 9.94. The van der Waals surface area contributed by atoms with Gasteiger partial charge in [-0.25, -0.2) is 8.42 Å². The molecule has 1 saturated carbocycles. The molecule has 1 fully saturated rings. The molecule has 1 aromatic rings. The molecule has 0 aromatic heterocycles. The molecule has 0 unspecified atom stereocenters. The molecular formula is C14H17ClF3N3O3S. The monoisotopic (exact) mass is 399 g/mol. The van der Waals surface area contributed by atoms with E-state index in [0.29, 0.717) is 16.8 Å². The average Bonchev–Trinajstić information content (AvgIpc) is 2.53. The summed E-state index contributed by atoms with van der Waals surface area (Å²) in [5, 5.41) is 9.34. The minimum atomic E-state index is -6.09. The van der Waals surface area contributed by atoms with Crippen LogP contribution in [0.15, 0.2) is 18.2 Å². The van der Waals surface area contributed by atoms with Gasteiger partial charge in [-0.05, 0) is 18.9 Å². The topological polar surface area (TPSA) is 88.6 Å². The molecule has 0 radical (unpaired) electrons. The quantitative estimate of drug-likeness (QED) is 0.410. The Morgan fingerprint density at radius 1 is 1.28 bits per heavy atom. The van der Waals surface area contributed by atoms with Crippen molar-refractivity contribution < 1.29 is 26.1 Å². The van der Waals surface area contributed by atoms with E-state index in [1.807, 2.05) is 6.07 Å². The number of benzene rings is 1. The van der Waals surface area contributed by atoms with Crippen molar-refractivity contribution in [1.82, 2.24) is 0 Å². The lowest BCUT2D eigenvalue weighted by Crippen LogP contribution is -2.33. The Labute approximate surface area is 148 Å². The summed E-state index contributed by atoms with van der Waals surface area (Å²) in [6.07, 6.45) is 6.42. The van der Waals surface area contributed by atoms with Gasteiger partial charge in [0.1, 0.15) is 0 Å². The second-order valence-electron chi connectivity index (χ2n) is 5.54. The van der Waals surface area contributed by atoms with Crippen LogP contribution in [0.4, 0.5) is 24.5 Å². The van der Waals surface area contributed by atoms with Crippen molar-refractivity contribution in [2.45, 2.75) is 43.7 Å². The van der Waals surface area contributed by atoms with Crippen LogP contribution in [0.1, 0.15) is 32.1 Å². The van der Waals surface area contributed by atoms with Crippen molar-refractivity contribution in [3.8, 4) is 0 Å². The molecule has 1 aliphatic carbocycles. The van der Waals surface area contributed by atoms with Gasteiger partial charge in [0.05, 0.1) is 16.8 Å². The second-order valence-corrected chi connectivity index (χ2v) is 7.32. The predicted molar refractivity (Wildman–Crippen MR) is 87.2 cm³/mol. The normalized spacial score (nSPS) is 15.7. The van der Waals surface area contributed by atoms with Crippen molar-refractivity contribution in [2.75, 3.05) is 11.9 Å². The molecule has 11 heteroatoms. The van der Waals surface area contributed by atoms with E-state index >= 15 is 0 Å². The van der Waals surface area contributed by atoms with E-state index < -0.39 is 15.6 Å². The molecular weight excluding hydrogens is 383 g/mol. The van der Waals surface area contributed by atoms with Gasteiger partial charge < -0.3 is 9.45 Å². The number of hydrogen-bond acceptors (Lipinski definition) is 5. The summed E-state index contributed by atoms with van der Waals surface area (Å²) >= 11 is 6.21. The van der Waals surface area contributed by atoms with Crippen LogP contribution < -0.4 is 4.90 Å². The lowest BCUT2D eigenvalue weighted by molar-refractivity contribution is -0.0517. The first-order valence-electron chi connectivity index (χ1n) is 7.37. The molecule has 0 amide bonds. The fourth-order valence-electron chi connectivity index (χ4n) is 2.51. The van der Waals surface area contributed by atoms with Crippen molar-refractivity contribution in [3.63, 3.8) is 0 Å². The van der Waals surface area contributed by atoms with Crippen LogP contribution >= 0.6 is 11.6 Å². The zero-order chi connectivity index (χ0) is 19.3. The minimum absolute atomic E-state index is 0.496. The summed E-state index contributed by atoms with van der Waals surface area (Å²) in [7, 11) is -4.00. The van der Waals surface area contributed by atoms with Gasteiger partial charge in [0.2, 0.25) is 5.39 Å². The van der Waals surface area contributed by atoms with Gasteiger partial charge in [0.25, 0.3) is 0 Å². The molecule has 0 saturated heterocycles. The van der Waals surface area contributed by atoms with Crippen LogP contribution in [0.5, 0.6) is 0 Å². The average molecular weight is 400 g/mol. The Bertz CT molecular complexity index is 729. The number of anilines is 1. The first kappa shape index (κ1) is 21.5. The standard InChI is InChI=1S/C13H17ClN3.CHF3O3S/c1-17(11-5-3-2-4-6-11)13-8-7-10(16-15)9-12(13)14;2-1(3,4)8(5,6)7/h7-9,11H,2-6H2,1H3;(H,5,6,7)/q+1;/p-1. The van der Waals surface area contributed by atoms with Crippen LogP contribution in [0, 0.1) is 5.39 Å². The maximum Gasteiger partial charge on any atom is 0.485 e. The number of alkyl halides is 3. The molecule has 1 aliphatic rings. The highest BCUT2D eigenvalue weighted by Crippen LogP contribution is 2.33. The number of diazo groups is 1. The molecule has 0 atom stereocenters. The molecule has 0 aliphatic heterocycles. The van der Waals surface area contributed by atoms with E-state index in [0.717, 1.165) is 5.69 Å². The Morgan fingerprint density at radius 2 is 1.80 bits per heavy atom. The molecule has 140 valence electrons. The summed E-state index contributed by atoms with van der Waals surface area (Å²) in [5.41, 5.74) is -4.13. The van der Waals surface area contributed by atoms with Gasteiger partial charge in [-0.2, -0.15) is 13.2 Å². The van der Waals surface area contributed by atoms with Crippen molar-refractivity contribution in [3.05, 3.63) is 28.2 Å². The maximum absolute atomic E-state index is 10.7. The third kappa shape index (κ3) is 6.34. The van der Waals surface area contributed by atoms with E-state index in [1.54, 1.807) is 12.1 Å². The fraction of sp³-hybridized carbons (Fsp3) is 0.571. The van der Waals surface area contributed by atoms with E-state index in [-0.39, 0.29) is 0 Å². The molecule has 1 aromatic carbocycles. The largest absolute Gasteiger partial charge is 0.741 e. The van der Waals surface area contributed by atoms with Gasteiger partial charge in [-0.1, -0.05) is 30.9 Å². The van der Waals surface area contributed by atoms with Crippen molar-refractivity contribution in [2.24, 2.45) is 0 Å². The fourth-order valence-corrected chi connectivity index (χ4v) is 2.82. The van der Waals surface area contributed by atoms with Gasteiger partial charge in [-0.3, -0.25) is 0 Å². The number of halogens is 4. The Hall–Kier alpha value is -1.57. The van der Waals surface area contributed by atoms with Crippen LogP contribution in [0.25, 0.3) is 4.98 Å². The van der Waals surface area contributed by atoms with E-state index in [1.165, 1.54) is 32.1 Å². The van der Waals surface area contributed by atoms with Gasteiger partial charge >= 0.3 is 11.2 Å². The first-order valence-corrected chi connectivity index (χ1v) is 9.15. The molecule has 0 spiro atoms. The van der Waals surface area contributed by atoms with E-state index in [9.17, 15) is 13.2 Å². The highest BCUT2D eigenvalue weighted by molar-refractivity contribution is 7.86. The molecule has 0 N–H and O–H groups in total. The van der Waals surface area contributed by atoms with E-state index in [2.05, 4.69) is 16.9 Å². The summed E-state index contributed by atoms with van der Waals surface area (Å²) in [4.78, 5) is 5.39. The smallest absolute Gasteiger partial charge is 0.485 e. The predicted octanol–water partition coefficient (Wildman–Crippen LogP) is 4.64. The van der Waals surface area contributed by atoms with Gasteiger partial charge in [0, 0.05) is 19.2 Å². The third-order valence-corrected chi connectivity index (χ3v) is 4.70. The molecule has 0 heterocycles. The number of rotatable bonds is 2. The summed E-state index contributed by atoms with van der Waals surface area (Å²) in [5.74, 6) is 0. The van der Waals surface area contributed by atoms with Crippen LogP contribution in [-0.4, -0.2) is 31.6 Å². The Balaban J connectivity index is 0.000000333. The Morgan fingerprint density at radius 3 is 2.20 bits per heavy atom. The molecule has 6 nitrogen and oxygen atoms in total. The van der Waals surface area contributed by atoms with Crippen LogP contribution in [0.2, 0.25) is 5.02 Å². The van der Waals surface area contributed by atoms with E-state index in [4.69, 9.17) is 30.0 Å². The van der Waals surface area contributed by atoms with Crippen LogP contribution in [-0.2, 0) is 10.1 Å². The number of nitrogens with zero attached hydrogens (tertiary/aromatic N) is 3. The van der Waals surface area contributed by atoms with Gasteiger partial charge in [0.15, 0.2) is 15.1 Å². The summed E-state index contributed by atoms with van der Waals surface area (Å²) < 4.78 is 58.9. The Kier molecular flexibility index (Phi) is 7.46. The minimum Gasteiger partial charge on any atom is -0.741 e. The highest BCUT2D eigenvalue weighted by Gasteiger charge is 2.36. The highest BCUT2D eigenvalue weighted by atomic mass is 35.5. The molecule has 2 rings (SSSR count). The second kappa shape index (κ2) is 8.69. The third-order valence-electron chi connectivity index (χ3n) is 3.83. The first-order chi connectivity index (χ1) is 11.5. The zero-order valence-electron chi connectivity index (χ0n) is 13.3. The molecule has 25 heavy (non-hydrogen) atoms. The van der Waals surface area contributed by atoms with Crippen molar-refractivity contribution in [1.29, 1.82) is 5.39 Å². The SMILES string of the molecule is CN(c1ccc([N+]#N)cc1Cl)C1CCCCC1.O=S(=O)([O-])C(F)(F)F. The zero-order valence-corrected chi connectivity index (χ0v) is 14.9. The molecule has 0 bridgehead atoms. The number of hydrogen-bond donors (Lipinski definition) is 0. The van der Waals surface area contributed by atoms with Gasteiger partial charge in [-0.15, -0.1) is 0 Å². The van der Waals surface area contributed by atoms with Crippen molar-refractivity contribution >= 4 is 33.1 Å². The summed E-state index contributed by atoms with van der Waals surface area (Å²) in [6.45, 7) is 0. The van der Waals surface area contributed by atoms with Crippen LogP contribution in [0.3, 0.4) is 0 Å². The maximum atomic E-state index is 10.7. The lowest BCUT2D eigenvalue weighted by Gasteiger charge is -2.33.